The topological polar surface area (TPSA) is 66.3 Å². The zero-order chi connectivity index (χ0) is 14.6. The van der Waals surface area contributed by atoms with Gasteiger partial charge in [0.25, 0.3) is 0 Å². The third-order valence-electron chi connectivity index (χ3n) is 3.00. The highest BCUT2D eigenvalue weighted by molar-refractivity contribution is 5.70. The number of carboxylic acids is 1. The van der Waals surface area contributed by atoms with Gasteiger partial charge in [-0.15, -0.1) is 0 Å². The van der Waals surface area contributed by atoms with Crippen LogP contribution in [0.4, 0.5) is 5.82 Å². The minimum Gasteiger partial charge on any atom is -0.481 e. The van der Waals surface area contributed by atoms with Crippen molar-refractivity contribution < 1.29 is 9.90 Å². The van der Waals surface area contributed by atoms with Gasteiger partial charge in [0.05, 0.1) is 5.92 Å². The van der Waals surface area contributed by atoms with Gasteiger partial charge in [0.15, 0.2) is 0 Å². The van der Waals surface area contributed by atoms with Crippen molar-refractivity contribution in [2.24, 2.45) is 5.92 Å². The van der Waals surface area contributed by atoms with Gasteiger partial charge in [-0.05, 0) is 13.8 Å². The zero-order valence-corrected chi connectivity index (χ0v) is 12.3. The summed E-state index contributed by atoms with van der Waals surface area (Å²) < 4.78 is 0. The van der Waals surface area contributed by atoms with Crippen LogP contribution in [-0.4, -0.2) is 34.1 Å². The summed E-state index contributed by atoms with van der Waals surface area (Å²) in [5.41, 5.74) is 0.912. The van der Waals surface area contributed by atoms with Crippen molar-refractivity contribution >= 4 is 11.8 Å². The van der Waals surface area contributed by atoms with E-state index in [1.165, 1.54) is 0 Å². The molecule has 106 valence electrons. The molecule has 0 amide bonds. The lowest BCUT2D eigenvalue weighted by Gasteiger charge is -2.24. The van der Waals surface area contributed by atoms with Crippen molar-refractivity contribution in [2.75, 3.05) is 18.0 Å². The predicted octanol–water partition coefficient (Wildman–Crippen LogP) is 2.46. The van der Waals surface area contributed by atoms with Gasteiger partial charge in [-0.25, -0.2) is 9.97 Å². The lowest BCUT2D eigenvalue weighted by Crippen LogP contribution is -2.32. The first kappa shape index (κ1) is 15.4. The minimum atomic E-state index is -0.784. The Morgan fingerprint density at radius 2 is 2.00 bits per heavy atom. The lowest BCUT2D eigenvalue weighted by molar-refractivity contribution is -0.140. The van der Waals surface area contributed by atoms with E-state index < -0.39 is 11.9 Å². The third kappa shape index (κ3) is 4.19. The molecule has 0 bridgehead atoms. The van der Waals surface area contributed by atoms with E-state index in [0.29, 0.717) is 6.54 Å². The molecule has 5 nitrogen and oxygen atoms in total. The minimum absolute atomic E-state index is 0.259. The van der Waals surface area contributed by atoms with Crippen molar-refractivity contribution in [3.8, 4) is 0 Å². The molecule has 1 heterocycles. The van der Waals surface area contributed by atoms with Crippen LogP contribution < -0.4 is 4.90 Å². The molecule has 0 radical (unpaired) electrons. The molecule has 0 aliphatic carbocycles. The normalized spacial score (nSPS) is 12.5. The van der Waals surface area contributed by atoms with Crippen LogP contribution in [0.15, 0.2) is 6.07 Å². The summed E-state index contributed by atoms with van der Waals surface area (Å²) in [6, 6.07) is 1.91. The summed E-state index contributed by atoms with van der Waals surface area (Å²) in [7, 11) is 0. The van der Waals surface area contributed by atoms with Crippen LogP contribution in [0.1, 0.15) is 45.1 Å². The number of aliphatic carboxylic acids is 1. The maximum absolute atomic E-state index is 11.0. The van der Waals surface area contributed by atoms with Crippen LogP contribution in [0.3, 0.4) is 0 Å². The van der Waals surface area contributed by atoms with Gasteiger partial charge in [-0.3, -0.25) is 4.79 Å². The summed E-state index contributed by atoms with van der Waals surface area (Å²) in [4.78, 5) is 21.9. The average molecular weight is 265 g/mol. The fourth-order valence-electron chi connectivity index (χ4n) is 1.79. The van der Waals surface area contributed by atoms with E-state index >= 15 is 0 Å². The monoisotopic (exact) mass is 265 g/mol. The van der Waals surface area contributed by atoms with Gasteiger partial charge in [-0.1, -0.05) is 20.8 Å². The van der Waals surface area contributed by atoms with Gasteiger partial charge < -0.3 is 10.0 Å². The SMILES string of the molecule is CCN(CC(C)C(=O)O)c1cc(C)nc(C(C)C)n1. The molecule has 1 rings (SSSR count). The molecular formula is C14H23N3O2. The van der Waals surface area contributed by atoms with Crippen molar-refractivity contribution in [2.45, 2.75) is 40.5 Å². The molecule has 19 heavy (non-hydrogen) atoms. The van der Waals surface area contributed by atoms with Crippen LogP contribution in [-0.2, 0) is 4.79 Å². The Hall–Kier alpha value is -1.65. The Kier molecular flexibility index (Phi) is 5.27. The van der Waals surface area contributed by atoms with Crippen LogP contribution >= 0.6 is 0 Å². The second-order valence-electron chi connectivity index (χ2n) is 5.16. The maximum atomic E-state index is 11.0. The number of hydrogen-bond donors (Lipinski definition) is 1. The Morgan fingerprint density at radius 3 is 2.47 bits per heavy atom. The van der Waals surface area contributed by atoms with E-state index in [1.54, 1.807) is 6.92 Å². The Balaban J connectivity index is 3.01. The Bertz CT molecular complexity index is 446. The molecule has 0 aliphatic rings. The maximum Gasteiger partial charge on any atom is 0.308 e. The van der Waals surface area contributed by atoms with Crippen LogP contribution in [0.25, 0.3) is 0 Å². The standard InChI is InChI=1S/C14H23N3O2/c1-6-17(8-10(4)14(18)19)12-7-11(5)15-13(16-12)9(2)3/h7,9-10H,6,8H2,1-5H3,(H,18,19). The second kappa shape index (κ2) is 6.50. The van der Waals surface area contributed by atoms with E-state index in [9.17, 15) is 4.79 Å². The number of nitrogens with zero attached hydrogens (tertiary/aromatic N) is 3. The summed E-state index contributed by atoms with van der Waals surface area (Å²) >= 11 is 0. The number of carbonyl (C=O) groups is 1. The first-order chi connectivity index (χ1) is 8.85. The van der Waals surface area contributed by atoms with E-state index in [1.807, 2.05) is 24.8 Å². The van der Waals surface area contributed by atoms with E-state index in [-0.39, 0.29) is 5.92 Å². The number of anilines is 1. The Labute approximate surface area is 114 Å². The van der Waals surface area contributed by atoms with Gasteiger partial charge in [0.1, 0.15) is 11.6 Å². The molecule has 1 aromatic rings. The highest BCUT2D eigenvalue weighted by atomic mass is 16.4. The highest BCUT2D eigenvalue weighted by Crippen LogP contribution is 2.18. The molecule has 1 atom stereocenters. The molecule has 5 heteroatoms. The van der Waals surface area contributed by atoms with E-state index in [0.717, 1.165) is 23.9 Å². The van der Waals surface area contributed by atoms with Gasteiger partial charge in [0, 0.05) is 30.8 Å². The van der Waals surface area contributed by atoms with Crippen molar-refractivity contribution in [1.29, 1.82) is 0 Å². The molecule has 0 spiro atoms. The number of carboxylic acid groups (broad SMARTS) is 1. The quantitative estimate of drug-likeness (QED) is 0.855. The van der Waals surface area contributed by atoms with Gasteiger partial charge in [-0.2, -0.15) is 0 Å². The number of hydrogen-bond acceptors (Lipinski definition) is 4. The van der Waals surface area contributed by atoms with Gasteiger partial charge in [0.2, 0.25) is 0 Å². The predicted molar refractivity (Wildman–Crippen MR) is 75.5 cm³/mol. The van der Waals surface area contributed by atoms with Crippen molar-refractivity contribution in [1.82, 2.24) is 9.97 Å². The molecular weight excluding hydrogens is 242 g/mol. The first-order valence-corrected chi connectivity index (χ1v) is 6.68. The fraction of sp³-hybridized carbons (Fsp3) is 0.643. The second-order valence-corrected chi connectivity index (χ2v) is 5.16. The molecule has 0 saturated carbocycles. The van der Waals surface area contributed by atoms with E-state index in [4.69, 9.17) is 5.11 Å². The highest BCUT2D eigenvalue weighted by Gasteiger charge is 2.17. The molecule has 0 saturated heterocycles. The van der Waals surface area contributed by atoms with Crippen LogP contribution in [0.2, 0.25) is 0 Å². The third-order valence-corrected chi connectivity index (χ3v) is 3.00. The van der Waals surface area contributed by atoms with Gasteiger partial charge >= 0.3 is 5.97 Å². The summed E-state index contributed by atoms with van der Waals surface area (Å²) in [5, 5.41) is 9.01. The number of aryl methyl sites for hydroxylation is 1. The molecule has 1 aromatic heterocycles. The molecule has 1 unspecified atom stereocenters. The average Bonchev–Trinajstić information content (AvgIpc) is 2.34. The molecule has 0 aliphatic heterocycles. The lowest BCUT2D eigenvalue weighted by atomic mass is 10.1. The zero-order valence-electron chi connectivity index (χ0n) is 12.3. The number of rotatable bonds is 6. The van der Waals surface area contributed by atoms with Crippen LogP contribution in [0, 0.1) is 12.8 Å². The summed E-state index contributed by atoms with van der Waals surface area (Å²) in [5.74, 6) is 0.670. The largest absolute Gasteiger partial charge is 0.481 e. The first-order valence-electron chi connectivity index (χ1n) is 6.68. The number of aromatic nitrogens is 2. The van der Waals surface area contributed by atoms with Crippen LogP contribution in [0.5, 0.6) is 0 Å². The Morgan fingerprint density at radius 1 is 1.37 bits per heavy atom. The molecule has 0 fully saturated rings. The van der Waals surface area contributed by atoms with Crippen molar-refractivity contribution in [3.63, 3.8) is 0 Å². The smallest absolute Gasteiger partial charge is 0.308 e. The molecule has 0 aromatic carbocycles. The fourth-order valence-corrected chi connectivity index (χ4v) is 1.79. The molecule has 1 N–H and O–H groups in total. The summed E-state index contributed by atoms with van der Waals surface area (Å²) in [6.45, 7) is 10.9. The van der Waals surface area contributed by atoms with Crippen molar-refractivity contribution in [3.05, 3.63) is 17.6 Å². The summed E-state index contributed by atoms with van der Waals surface area (Å²) in [6.07, 6.45) is 0. The van der Waals surface area contributed by atoms with E-state index in [2.05, 4.69) is 23.8 Å².